The van der Waals surface area contributed by atoms with Gasteiger partial charge in [0.05, 0.1) is 0 Å². The maximum Gasteiger partial charge on any atom is 0.471 e. The van der Waals surface area contributed by atoms with E-state index in [2.05, 4.69) is 5.32 Å². The second-order valence-electron chi connectivity index (χ2n) is 3.90. The minimum atomic E-state index is -4.92. The van der Waals surface area contributed by atoms with Crippen LogP contribution in [0.1, 0.15) is 5.56 Å². The molecule has 0 aliphatic heterocycles. The molecule has 4 nitrogen and oxygen atoms in total. The molecule has 0 saturated heterocycles. The van der Waals surface area contributed by atoms with Gasteiger partial charge < -0.3 is 10.6 Å². The summed E-state index contributed by atoms with van der Waals surface area (Å²) in [7, 11) is 0. The van der Waals surface area contributed by atoms with Crippen molar-refractivity contribution >= 4 is 29.5 Å². The summed E-state index contributed by atoms with van der Waals surface area (Å²) < 4.78 is 35.6. The molecule has 1 aromatic rings. The number of hydrogen-bond donors (Lipinski definition) is 2. The Kier molecular flexibility index (Phi) is 6.23. The molecule has 0 heterocycles. The fourth-order valence-corrected chi connectivity index (χ4v) is 1.50. The van der Waals surface area contributed by atoms with Gasteiger partial charge in [-0.25, -0.2) is 0 Å². The highest BCUT2D eigenvalue weighted by Crippen LogP contribution is 2.16. The maximum absolute atomic E-state index is 11.9. The maximum atomic E-state index is 11.9. The van der Waals surface area contributed by atoms with Gasteiger partial charge in [-0.15, -0.1) is 0 Å². The van der Waals surface area contributed by atoms with Gasteiger partial charge in [0, 0.05) is 24.2 Å². The zero-order valence-electron chi connectivity index (χ0n) is 10.7. The van der Waals surface area contributed by atoms with Crippen LogP contribution in [0.3, 0.4) is 0 Å². The largest absolute Gasteiger partial charge is 0.471 e. The number of rotatable bonds is 5. The third-order valence-electron chi connectivity index (χ3n) is 2.29. The molecule has 0 fully saturated rings. The molecule has 1 aromatic carbocycles. The zero-order valence-corrected chi connectivity index (χ0v) is 11.5. The molecule has 0 aliphatic rings. The zero-order chi connectivity index (χ0) is 15.9. The molecule has 0 unspecified atom stereocenters. The summed E-state index contributed by atoms with van der Waals surface area (Å²) in [6.07, 6.45) is -2.24. The average molecular weight is 321 g/mol. The SMILES string of the molecule is O=C(/C=C/c1ccccc1Cl)NCCNC(=O)C(F)(F)F. The van der Waals surface area contributed by atoms with E-state index < -0.39 is 18.0 Å². The topological polar surface area (TPSA) is 58.2 Å². The van der Waals surface area contributed by atoms with Gasteiger partial charge in [0.1, 0.15) is 0 Å². The first kappa shape index (κ1) is 17.0. The van der Waals surface area contributed by atoms with Crippen molar-refractivity contribution in [2.24, 2.45) is 0 Å². The van der Waals surface area contributed by atoms with E-state index in [1.54, 1.807) is 29.6 Å². The molecule has 21 heavy (non-hydrogen) atoms. The lowest BCUT2D eigenvalue weighted by molar-refractivity contribution is -0.173. The third kappa shape index (κ3) is 6.31. The van der Waals surface area contributed by atoms with Gasteiger partial charge in [-0.1, -0.05) is 29.8 Å². The second-order valence-corrected chi connectivity index (χ2v) is 4.31. The molecule has 8 heteroatoms. The van der Waals surface area contributed by atoms with Crippen LogP contribution in [0, 0.1) is 0 Å². The number of benzene rings is 1. The number of carbonyl (C=O) groups excluding carboxylic acids is 2. The van der Waals surface area contributed by atoms with Gasteiger partial charge in [-0.05, 0) is 17.7 Å². The van der Waals surface area contributed by atoms with Gasteiger partial charge in [0.25, 0.3) is 0 Å². The molecular formula is C13H12ClF3N2O2. The number of halogens is 4. The van der Waals surface area contributed by atoms with Crippen molar-refractivity contribution in [3.8, 4) is 0 Å². The lowest BCUT2D eigenvalue weighted by Crippen LogP contribution is -2.40. The standard InChI is InChI=1S/C13H12ClF3N2O2/c14-10-4-2-1-3-9(10)5-6-11(20)18-7-8-19-12(21)13(15,16)17/h1-6H,7-8H2,(H,18,20)(H,19,21)/b6-5+. The van der Waals surface area contributed by atoms with E-state index in [0.717, 1.165) is 0 Å². The number of hydrogen-bond acceptors (Lipinski definition) is 2. The van der Waals surface area contributed by atoms with Crippen LogP contribution in [0.15, 0.2) is 30.3 Å². The Hall–Kier alpha value is -2.02. The predicted molar refractivity (Wildman–Crippen MR) is 72.6 cm³/mol. The molecule has 0 atom stereocenters. The first-order valence-electron chi connectivity index (χ1n) is 5.86. The smallest absolute Gasteiger partial charge is 0.351 e. The van der Waals surface area contributed by atoms with Crippen molar-refractivity contribution in [1.29, 1.82) is 0 Å². The van der Waals surface area contributed by atoms with Crippen LogP contribution in [0.2, 0.25) is 5.02 Å². The van der Waals surface area contributed by atoms with Crippen LogP contribution in [0.25, 0.3) is 6.08 Å². The Morgan fingerprint density at radius 1 is 1.14 bits per heavy atom. The number of alkyl halides is 3. The van der Waals surface area contributed by atoms with Crippen LogP contribution in [-0.2, 0) is 9.59 Å². The Balaban J connectivity index is 2.32. The average Bonchev–Trinajstić information content (AvgIpc) is 2.41. The van der Waals surface area contributed by atoms with Crippen molar-refractivity contribution in [3.05, 3.63) is 40.9 Å². The Bertz CT molecular complexity index is 544. The molecule has 1 rings (SSSR count). The lowest BCUT2D eigenvalue weighted by Gasteiger charge is -2.07. The molecule has 2 amide bonds. The minimum absolute atomic E-state index is 0.118. The molecule has 114 valence electrons. The van der Waals surface area contributed by atoms with Crippen LogP contribution < -0.4 is 10.6 Å². The fraction of sp³-hybridized carbons (Fsp3) is 0.231. The fourth-order valence-electron chi connectivity index (χ4n) is 1.30. The van der Waals surface area contributed by atoms with Crippen molar-refractivity contribution in [3.63, 3.8) is 0 Å². The minimum Gasteiger partial charge on any atom is -0.351 e. The van der Waals surface area contributed by atoms with Crippen LogP contribution >= 0.6 is 11.6 Å². The molecular weight excluding hydrogens is 309 g/mol. The molecule has 0 spiro atoms. The van der Waals surface area contributed by atoms with Gasteiger partial charge in [-0.2, -0.15) is 13.2 Å². The van der Waals surface area contributed by atoms with Crippen molar-refractivity contribution in [2.75, 3.05) is 13.1 Å². The van der Waals surface area contributed by atoms with E-state index in [1.807, 2.05) is 0 Å². The van der Waals surface area contributed by atoms with E-state index in [4.69, 9.17) is 11.6 Å². The Morgan fingerprint density at radius 3 is 2.38 bits per heavy atom. The lowest BCUT2D eigenvalue weighted by atomic mass is 10.2. The van der Waals surface area contributed by atoms with Crippen LogP contribution in [0.4, 0.5) is 13.2 Å². The highest BCUT2D eigenvalue weighted by atomic mass is 35.5. The molecule has 0 radical (unpaired) electrons. The van der Waals surface area contributed by atoms with Gasteiger partial charge in [0.2, 0.25) is 5.91 Å². The van der Waals surface area contributed by atoms with Crippen molar-refractivity contribution < 1.29 is 22.8 Å². The quantitative estimate of drug-likeness (QED) is 0.645. The summed E-state index contributed by atoms with van der Waals surface area (Å²) in [6.45, 7) is -0.433. The Morgan fingerprint density at radius 2 is 1.76 bits per heavy atom. The van der Waals surface area contributed by atoms with E-state index in [1.165, 1.54) is 12.2 Å². The van der Waals surface area contributed by atoms with Crippen molar-refractivity contribution in [2.45, 2.75) is 6.18 Å². The Labute approximate surface area is 124 Å². The summed E-state index contributed by atoms with van der Waals surface area (Å²) in [6, 6.07) is 6.85. The third-order valence-corrected chi connectivity index (χ3v) is 2.63. The molecule has 0 aliphatic carbocycles. The van der Waals surface area contributed by atoms with E-state index in [0.29, 0.717) is 10.6 Å². The van der Waals surface area contributed by atoms with E-state index >= 15 is 0 Å². The van der Waals surface area contributed by atoms with E-state index in [9.17, 15) is 22.8 Å². The molecule has 0 aromatic heterocycles. The number of amides is 2. The molecule has 0 bridgehead atoms. The molecule has 2 N–H and O–H groups in total. The normalized spacial score (nSPS) is 11.4. The van der Waals surface area contributed by atoms with Gasteiger partial charge in [-0.3, -0.25) is 9.59 Å². The van der Waals surface area contributed by atoms with Gasteiger partial charge >= 0.3 is 12.1 Å². The highest BCUT2D eigenvalue weighted by molar-refractivity contribution is 6.32. The second kappa shape index (κ2) is 7.68. The predicted octanol–water partition coefficient (Wildman–Crippen LogP) is 2.15. The van der Waals surface area contributed by atoms with Crippen LogP contribution in [0.5, 0.6) is 0 Å². The summed E-state index contributed by atoms with van der Waals surface area (Å²) in [5, 5.41) is 4.44. The first-order valence-corrected chi connectivity index (χ1v) is 6.24. The summed E-state index contributed by atoms with van der Waals surface area (Å²) >= 11 is 5.88. The monoisotopic (exact) mass is 320 g/mol. The summed E-state index contributed by atoms with van der Waals surface area (Å²) in [5.74, 6) is -2.54. The number of carbonyl (C=O) groups is 2. The number of nitrogens with one attached hydrogen (secondary N) is 2. The highest BCUT2D eigenvalue weighted by Gasteiger charge is 2.38. The van der Waals surface area contributed by atoms with Crippen molar-refractivity contribution in [1.82, 2.24) is 10.6 Å². The van der Waals surface area contributed by atoms with Gasteiger partial charge in [0.15, 0.2) is 0 Å². The van der Waals surface area contributed by atoms with Crippen LogP contribution in [-0.4, -0.2) is 31.1 Å². The first-order chi connectivity index (χ1) is 9.80. The summed E-state index contributed by atoms with van der Waals surface area (Å²) in [4.78, 5) is 21.9. The summed E-state index contributed by atoms with van der Waals surface area (Å²) in [5.41, 5.74) is 0.639. The van der Waals surface area contributed by atoms with E-state index in [-0.39, 0.29) is 13.1 Å². The molecule has 0 saturated carbocycles.